The maximum Gasteiger partial charge on any atom is 0.224 e. The van der Waals surface area contributed by atoms with Crippen LogP contribution >= 0.6 is 0 Å². The molecule has 1 amide bonds. The van der Waals surface area contributed by atoms with Gasteiger partial charge in [0.15, 0.2) is 0 Å². The second-order valence-corrected chi connectivity index (χ2v) is 5.35. The SMILES string of the molecule is COc1cc(-c2ccc(C)nc2C)cc2c1NC(=O)CC2. The number of ether oxygens (including phenoxy) is 1. The summed E-state index contributed by atoms with van der Waals surface area (Å²) in [5, 5.41) is 2.90. The fourth-order valence-corrected chi connectivity index (χ4v) is 2.77. The van der Waals surface area contributed by atoms with Crippen molar-refractivity contribution in [3.05, 3.63) is 41.2 Å². The molecule has 2 heterocycles. The first-order valence-electron chi connectivity index (χ1n) is 7.04. The fraction of sp³-hybridized carbons (Fsp3) is 0.294. The summed E-state index contributed by atoms with van der Waals surface area (Å²) in [5.74, 6) is 0.747. The summed E-state index contributed by atoms with van der Waals surface area (Å²) >= 11 is 0. The molecule has 4 nitrogen and oxygen atoms in total. The molecule has 1 aliphatic rings. The molecule has 1 aromatic heterocycles. The zero-order chi connectivity index (χ0) is 15.0. The summed E-state index contributed by atoms with van der Waals surface area (Å²) in [4.78, 5) is 16.1. The number of benzene rings is 1. The Labute approximate surface area is 124 Å². The van der Waals surface area contributed by atoms with Crippen LogP contribution in [0.1, 0.15) is 23.4 Å². The summed E-state index contributed by atoms with van der Waals surface area (Å²) < 4.78 is 5.45. The Bertz CT molecular complexity index is 706. The third-order valence-corrected chi connectivity index (χ3v) is 3.83. The lowest BCUT2D eigenvalue weighted by Crippen LogP contribution is -2.19. The highest BCUT2D eigenvalue weighted by Crippen LogP contribution is 2.37. The smallest absolute Gasteiger partial charge is 0.224 e. The zero-order valence-electron chi connectivity index (χ0n) is 12.5. The lowest BCUT2D eigenvalue weighted by Gasteiger charge is -2.21. The van der Waals surface area contributed by atoms with Crippen LogP contribution < -0.4 is 10.1 Å². The fourth-order valence-electron chi connectivity index (χ4n) is 2.77. The van der Waals surface area contributed by atoms with Gasteiger partial charge < -0.3 is 10.1 Å². The van der Waals surface area contributed by atoms with Crippen molar-refractivity contribution in [1.82, 2.24) is 4.98 Å². The Kier molecular flexibility index (Phi) is 3.37. The van der Waals surface area contributed by atoms with Crippen molar-refractivity contribution in [3.8, 4) is 16.9 Å². The van der Waals surface area contributed by atoms with Crippen LogP contribution in [0.25, 0.3) is 11.1 Å². The van der Waals surface area contributed by atoms with Crippen molar-refractivity contribution < 1.29 is 9.53 Å². The Morgan fingerprint density at radius 3 is 2.71 bits per heavy atom. The van der Waals surface area contributed by atoms with Crippen LogP contribution in [-0.2, 0) is 11.2 Å². The predicted octanol–water partition coefficient (Wildman–Crippen LogP) is 3.26. The van der Waals surface area contributed by atoms with E-state index in [9.17, 15) is 4.79 Å². The summed E-state index contributed by atoms with van der Waals surface area (Å²) in [5.41, 5.74) is 6.09. The molecule has 4 heteroatoms. The van der Waals surface area contributed by atoms with Crippen molar-refractivity contribution in [2.45, 2.75) is 26.7 Å². The number of fused-ring (bicyclic) bond motifs is 1. The van der Waals surface area contributed by atoms with Crippen LogP contribution in [0.3, 0.4) is 0 Å². The van der Waals surface area contributed by atoms with Gasteiger partial charge in [0.2, 0.25) is 5.91 Å². The largest absolute Gasteiger partial charge is 0.495 e. The Morgan fingerprint density at radius 2 is 2.00 bits per heavy atom. The van der Waals surface area contributed by atoms with Gasteiger partial charge in [-0.1, -0.05) is 6.07 Å². The van der Waals surface area contributed by atoms with Crippen molar-refractivity contribution in [2.75, 3.05) is 12.4 Å². The minimum atomic E-state index is 0.0433. The van der Waals surface area contributed by atoms with Crippen LogP contribution in [0, 0.1) is 13.8 Å². The van der Waals surface area contributed by atoms with Crippen molar-refractivity contribution in [3.63, 3.8) is 0 Å². The van der Waals surface area contributed by atoms with E-state index in [0.717, 1.165) is 40.2 Å². The van der Waals surface area contributed by atoms with E-state index in [1.165, 1.54) is 0 Å². The van der Waals surface area contributed by atoms with Crippen LogP contribution in [0.5, 0.6) is 5.75 Å². The van der Waals surface area contributed by atoms with Gasteiger partial charge in [0.1, 0.15) is 5.75 Å². The van der Waals surface area contributed by atoms with Gasteiger partial charge in [-0.15, -0.1) is 0 Å². The lowest BCUT2D eigenvalue weighted by molar-refractivity contribution is -0.116. The minimum absolute atomic E-state index is 0.0433. The van der Waals surface area contributed by atoms with Gasteiger partial charge in [-0.2, -0.15) is 0 Å². The number of rotatable bonds is 2. The maximum absolute atomic E-state index is 11.6. The number of carbonyl (C=O) groups excluding carboxylic acids is 1. The Morgan fingerprint density at radius 1 is 1.19 bits per heavy atom. The first-order valence-corrected chi connectivity index (χ1v) is 7.04. The molecule has 0 unspecified atom stereocenters. The van der Waals surface area contributed by atoms with Crippen molar-refractivity contribution >= 4 is 11.6 Å². The number of pyridine rings is 1. The van der Waals surface area contributed by atoms with Crippen LogP contribution in [0.2, 0.25) is 0 Å². The maximum atomic E-state index is 11.6. The number of methoxy groups -OCH3 is 1. The second kappa shape index (κ2) is 5.20. The molecule has 3 rings (SSSR count). The lowest BCUT2D eigenvalue weighted by atomic mass is 9.95. The van der Waals surface area contributed by atoms with E-state index in [1.54, 1.807) is 7.11 Å². The van der Waals surface area contributed by atoms with Crippen LogP contribution in [0.4, 0.5) is 5.69 Å². The highest BCUT2D eigenvalue weighted by atomic mass is 16.5. The number of hydrogen-bond donors (Lipinski definition) is 1. The Hall–Kier alpha value is -2.36. The molecule has 0 radical (unpaired) electrons. The van der Waals surface area contributed by atoms with E-state index in [1.807, 2.05) is 26.0 Å². The molecule has 0 aliphatic carbocycles. The monoisotopic (exact) mass is 282 g/mol. The van der Waals surface area contributed by atoms with E-state index >= 15 is 0 Å². The molecule has 0 spiro atoms. The summed E-state index contributed by atoms with van der Waals surface area (Å²) in [6.45, 7) is 4.00. The van der Waals surface area contributed by atoms with Crippen molar-refractivity contribution in [2.24, 2.45) is 0 Å². The molecule has 1 aliphatic heterocycles. The molecule has 21 heavy (non-hydrogen) atoms. The van der Waals surface area contributed by atoms with E-state index in [0.29, 0.717) is 12.2 Å². The second-order valence-electron chi connectivity index (χ2n) is 5.35. The van der Waals surface area contributed by atoms with Gasteiger partial charge in [0, 0.05) is 23.4 Å². The van der Waals surface area contributed by atoms with Crippen LogP contribution in [0.15, 0.2) is 24.3 Å². The highest BCUT2D eigenvalue weighted by Gasteiger charge is 2.20. The molecule has 0 saturated carbocycles. The molecular weight excluding hydrogens is 264 g/mol. The number of carbonyl (C=O) groups is 1. The number of nitrogens with one attached hydrogen (secondary N) is 1. The van der Waals surface area contributed by atoms with E-state index in [2.05, 4.69) is 22.4 Å². The molecular formula is C17H18N2O2. The van der Waals surface area contributed by atoms with Gasteiger partial charge in [0.25, 0.3) is 0 Å². The molecule has 1 N–H and O–H groups in total. The quantitative estimate of drug-likeness (QED) is 0.919. The Balaban J connectivity index is 2.14. The average molecular weight is 282 g/mol. The minimum Gasteiger partial charge on any atom is -0.495 e. The third kappa shape index (κ3) is 2.49. The third-order valence-electron chi connectivity index (χ3n) is 3.83. The predicted molar refractivity (Wildman–Crippen MR) is 82.6 cm³/mol. The van der Waals surface area contributed by atoms with Gasteiger partial charge in [-0.05, 0) is 49.6 Å². The summed E-state index contributed by atoms with van der Waals surface area (Å²) in [6.07, 6.45) is 1.26. The van der Waals surface area contributed by atoms with Gasteiger partial charge in [-0.25, -0.2) is 0 Å². The van der Waals surface area contributed by atoms with E-state index < -0.39 is 0 Å². The molecule has 2 aromatic rings. The van der Waals surface area contributed by atoms with Gasteiger partial charge in [0.05, 0.1) is 12.8 Å². The highest BCUT2D eigenvalue weighted by molar-refractivity contribution is 5.96. The first-order chi connectivity index (χ1) is 10.1. The molecule has 1 aromatic carbocycles. The number of anilines is 1. The molecule has 0 atom stereocenters. The topological polar surface area (TPSA) is 51.2 Å². The van der Waals surface area contributed by atoms with Gasteiger partial charge in [-0.3, -0.25) is 9.78 Å². The number of hydrogen-bond acceptors (Lipinski definition) is 3. The number of aromatic nitrogens is 1. The molecule has 0 bridgehead atoms. The van der Waals surface area contributed by atoms with E-state index in [-0.39, 0.29) is 5.91 Å². The van der Waals surface area contributed by atoms with Crippen molar-refractivity contribution in [1.29, 1.82) is 0 Å². The summed E-state index contributed by atoms with van der Waals surface area (Å²) in [6, 6.07) is 8.18. The number of amides is 1. The summed E-state index contributed by atoms with van der Waals surface area (Å²) in [7, 11) is 1.63. The molecule has 0 saturated heterocycles. The standard InChI is InChI=1S/C17H18N2O2/c1-10-4-6-14(11(2)18-10)13-8-12-5-7-16(20)19-17(12)15(9-13)21-3/h4,6,8-9H,5,7H2,1-3H3,(H,19,20). The zero-order valence-corrected chi connectivity index (χ0v) is 12.5. The van der Waals surface area contributed by atoms with Gasteiger partial charge >= 0.3 is 0 Å². The number of aryl methyl sites for hydroxylation is 3. The van der Waals surface area contributed by atoms with Crippen LogP contribution in [-0.4, -0.2) is 18.0 Å². The molecule has 108 valence electrons. The normalized spacial score (nSPS) is 13.6. The first kappa shape index (κ1) is 13.6. The molecule has 0 fully saturated rings. The van der Waals surface area contributed by atoms with E-state index in [4.69, 9.17) is 4.74 Å². The average Bonchev–Trinajstić information content (AvgIpc) is 2.46. The number of nitrogens with zero attached hydrogens (tertiary/aromatic N) is 1.